The van der Waals surface area contributed by atoms with Gasteiger partial charge in [-0.25, -0.2) is 21.8 Å². The quantitative estimate of drug-likeness (QED) is 0.113. The topological polar surface area (TPSA) is 172 Å². The van der Waals surface area contributed by atoms with E-state index in [4.69, 9.17) is 4.74 Å². The monoisotopic (exact) mass is 896 g/mol. The van der Waals surface area contributed by atoms with Crippen molar-refractivity contribution in [2.24, 2.45) is 0 Å². The molecular formula is C35H23BrF6N6O7S2. The highest BCUT2D eigenvalue weighted by molar-refractivity contribution is 9.10. The number of rotatable bonds is 12. The fourth-order valence-corrected chi connectivity index (χ4v) is 8.18. The summed E-state index contributed by atoms with van der Waals surface area (Å²) in [6.45, 7) is 0. The summed E-state index contributed by atoms with van der Waals surface area (Å²) < 4.78 is 152. The molecule has 0 saturated carbocycles. The lowest BCUT2D eigenvalue weighted by molar-refractivity contribution is -0.276. The molecule has 2 aromatic carbocycles. The van der Waals surface area contributed by atoms with E-state index in [0.717, 1.165) is 37.6 Å². The third-order valence-electron chi connectivity index (χ3n) is 7.44. The number of methoxy groups -OCH3 is 1. The van der Waals surface area contributed by atoms with E-state index in [1.807, 2.05) is 0 Å². The van der Waals surface area contributed by atoms with Crippen LogP contribution >= 0.6 is 15.9 Å². The van der Waals surface area contributed by atoms with Crippen LogP contribution in [0, 0.1) is 0 Å². The van der Waals surface area contributed by atoms with E-state index >= 15 is 0 Å². The second-order valence-electron chi connectivity index (χ2n) is 11.4. The lowest BCUT2D eigenvalue weighted by atomic mass is 10.1. The zero-order valence-electron chi connectivity index (χ0n) is 28.5. The van der Waals surface area contributed by atoms with Crippen LogP contribution in [0.25, 0.3) is 33.8 Å². The normalized spacial score (nSPS) is 12.1. The predicted octanol–water partition coefficient (Wildman–Crippen LogP) is 8.44. The fourth-order valence-electron chi connectivity index (χ4n) is 5.24. The molecule has 22 heteroatoms. The molecule has 0 aliphatic heterocycles. The van der Waals surface area contributed by atoms with Crippen LogP contribution < -0.4 is 23.7 Å². The zero-order chi connectivity index (χ0) is 41.2. The summed E-state index contributed by atoms with van der Waals surface area (Å²) >= 11 is 3.03. The van der Waals surface area contributed by atoms with Crippen LogP contribution in [0.15, 0.2) is 124 Å². The number of sulfonamides is 2. The maximum absolute atomic E-state index is 13.9. The highest BCUT2D eigenvalue weighted by Crippen LogP contribution is 2.41. The first-order valence-corrected chi connectivity index (χ1v) is 19.4. The molecule has 0 saturated heterocycles. The smallest absolute Gasteiger partial charge is 0.495 e. The molecule has 0 atom stereocenters. The van der Waals surface area contributed by atoms with Crippen LogP contribution in [0.5, 0.6) is 17.2 Å². The molecule has 0 aliphatic carbocycles. The van der Waals surface area contributed by atoms with Crippen LogP contribution in [0.1, 0.15) is 0 Å². The van der Waals surface area contributed by atoms with Gasteiger partial charge in [0.1, 0.15) is 27.0 Å². The molecule has 0 aliphatic rings. The number of hydrogen-bond donors (Lipinski definition) is 2. The molecular weight excluding hydrogens is 874 g/mol. The van der Waals surface area contributed by atoms with Gasteiger partial charge in [0.15, 0.2) is 0 Å². The number of nitrogens with one attached hydrogen (secondary N) is 2. The minimum absolute atomic E-state index is 0.0498. The van der Waals surface area contributed by atoms with Crippen molar-refractivity contribution >= 4 is 47.4 Å². The Morgan fingerprint density at radius 3 is 1.84 bits per heavy atom. The van der Waals surface area contributed by atoms with Crippen molar-refractivity contribution in [1.82, 2.24) is 19.9 Å². The Morgan fingerprint density at radius 2 is 1.25 bits per heavy atom. The number of alkyl halides is 6. The first-order valence-electron chi connectivity index (χ1n) is 15.7. The lowest BCUT2D eigenvalue weighted by Crippen LogP contribution is -2.21. The Bertz CT molecular complexity index is 2670. The second kappa shape index (κ2) is 15.9. The predicted molar refractivity (Wildman–Crippen MR) is 196 cm³/mol. The van der Waals surface area contributed by atoms with Crippen molar-refractivity contribution in [2.75, 3.05) is 16.6 Å². The maximum atomic E-state index is 13.9. The molecule has 0 amide bonds. The van der Waals surface area contributed by atoms with Crippen molar-refractivity contribution in [3.8, 4) is 51.0 Å². The van der Waals surface area contributed by atoms with Crippen LogP contribution in [0.4, 0.5) is 37.7 Å². The molecule has 4 aromatic heterocycles. The summed E-state index contributed by atoms with van der Waals surface area (Å²) in [5, 5.41) is 0. The summed E-state index contributed by atoms with van der Waals surface area (Å²) in [4.78, 5) is 15.1. The van der Waals surface area contributed by atoms with Crippen LogP contribution in [-0.2, 0) is 20.0 Å². The Balaban J connectivity index is 1.38. The minimum atomic E-state index is -5.24. The van der Waals surface area contributed by atoms with Gasteiger partial charge in [-0.2, -0.15) is 0 Å². The third-order valence-corrected chi connectivity index (χ3v) is 10.7. The first kappa shape index (κ1) is 40.7. The first-order chi connectivity index (χ1) is 26.8. The number of halogens is 7. The molecule has 6 aromatic rings. The van der Waals surface area contributed by atoms with Crippen molar-refractivity contribution in [1.29, 1.82) is 0 Å². The second-order valence-corrected chi connectivity index (χ2v) is 15.7. The van der Waals surface area contributed by atoms with Crippen molar-refractivity contribution in [3.63, 3.8) is 0 Å². The number of hydrogen-bond acceptors (Lipinski definition) is 11. The van der Waals surface area contributed by atoms with Gasteiger partial charge in [-0.3, -0.25) is 24.4 Å². The van der Waals surface area contributed by atoms with Gasteiger partial charge >= 0.3 is 12.7 Å². The largest absolute Gasteiger partial charge is 0.573 e. The van der Waals surface area contributed by atoms with Gasteiger partial charge in [0.25, 0.3) is 20.0 Å². The molecule has 4 heterocycles. The summed E-state index contributed by atoms with van der Waals surface area (Å²) in [7, 11) is -8.39. The number of ether oxygens (including phenoxy) is 3. The van der Waals surface area contributed by atoms with Gasteiger partial charge < -0.3 is 14.2 Å². The molecule has 57 heavy (non-hydrogen) atoms. The number of nitrogens with zero attached hydrogens (tertiary/aromatic N) is 4. The van der Waals surface area contributed by atoms with Gasteiger partial charge in [-0.15, -0.1) is 26.3 Å². The highest BCUT2D eigenvalue weighted by Gasteiger charge is 2.35. The Kier molecular flexibility index (Phi) is 11.3. The van der Waals surface area contributed by atoms with E-state index in [1.54, 1.807) is 18.2 Å². The lowest BCUT2D eigenvalue weighted by Gasteiger charge is -2.18. The van der Waals surface area contributed by atoms with Crippen LogP contribution in [0.2, 0.25) is 0 Å². The van der Waals surface area contributed by atoms with E-state index < -0.39 is 59.8 Å². The molecule has 296 valence electrons. The number of anilines is 2. The van der Waals surface area contributed by atoms with Crippen molar-refractivity contribution in [3.05, 3.63) is 114 Å². The molecule has 6 rings (SSSR count). The average Bonchev–Trinajstić information content (AvgIpc) is 3.14. The molecule has 2 N–H and O–H groups in total. The summed E-state index contributed by atoms with van der Waals surface area (Å²) in [6.07, 6.45) is -4.03. The fraction of sp³-hybridized carbons (Fsp3) is 0.0857. The molecule has 0 bridgehead atoms. The van der Waals surface area contributed by atoms with E-state index in [1.165, 1.54) is 55.1 Å². The average molecular weight is 898 g/mol. The van der Waals surface area contributed by atoms with Crippen LogP contribution in [-0.4, -0.2) is 56.6 Å². The SMILES string of the molecule is COc1c(-c2cccc(-c3cncc(NS(=O)(=O)c4cc(Br)ccc4OC(F)(F)F)c3)n2)cc(OC(F)(F)F)cc1S(=O)(=O)Nc1cncc(-c2ccccn2)c1. The van der Waals surface area contributed by atoms with E-state index in [0.29, 0.717) is 17.3 Å². The van der Waals surface area contributed by atoms with Crippen LogP contribution in [0.3, 0.4) is 0 Å². The Morgan fingerprint density at radius 1 is 0.649 bits per heavy atom. The van der Waals surface area contributed by atoms with E-state index in [2.05, 4.69) is 54.8 Å². The molecule has 0 unspecified atom stereocenters. The van der Waals surface area contributed by atoms with Gasteiger partial charge in [0.05, 0.1) is 48.0 Å². The third kappa shape index (κ3) is 10.1. The van der Waals surface area contributed by atoms with Gasteiger partial charge in [-0.05, 0) is 60.7 Å². The van der Waals surface area contributed by atoms with E-state index in [-0.39, 0.29) is 38.4 Å². The molecule has 0 fully saturated rings. The molecule has 0 radical (unpaired) electrons. The van der Waals surface area contributed by atoms with Crippen molar-refractivity contribution in [2.45, 2.75) is 22.5 Å². The van der Waals surface area contributed by atoms with E-state index in [9.17, 15) is 43.2 Å². The van der Waals surface area contributed by atoms with Crippen molar-refractivity contribution < 1.29 is 57.4 Å². The van der Waals surface area contributed by atoms with Gasteiger partial charge in [-0.1, -0.05) is 28.1 Å². The summed E-state index contributed by atoms with van der Waals surface area (Å²) in [5.74, 6) is -2.37. The summed E-state index contributed by atoms with van der Waals surface area (Å²) in [6, 6.07) is 16.2. The Labute approximate surface area is 328 Å². The number of aromatic nitrogens is 4. The molecule has 13 nitrogen and oxygen atoms in total. The van der Waals surface area contributed by atoms with Gasteiger partial charge in [0, 0.05) is 45.8 Å². The highest BCUT2D eigenvalue weighted by atomic mass is 79.9. The number of benzene rings is 2. The van der Waals surface area contributed by atoms with Gasteiger partial charge in [0.2, 0.25) is 0 Å². The maximum Gasteiger partial charge on any atom is 0.573 e. The molecule has 0 spiro atoms. The standard InChI is InChI=1S/C35H23BrF6N6O7S2/c1-53-33-26(14-25(54-34(37,38)39)15-32(33)57(51,52)48-23-11-20(16-43-18-23)27-5-2-3-10-45-27)29-7-4-6-28(46-29)21-12-24(19-44-17-21)47-56(49,50)31-13-22(36)8-9-30(31)55-35(40,41)42/h2-19,47-48H,1H3. The Hall–Kier alpha value is -6.00. The minimum Gasteiger partial charge on any atom is -0.495 e. The number of pyridine rings is 4. The zero-order valence-corrected chi connectivity index (χ0v) is 31.7. The summed E-state index contributed by atoms with van der Waals surface area (Å²) in [5.41, 5.74) is 0.388.